The number of amides is 1. The highest BCUT2D eigenvalue weighted by molar-refractivity contribution is 7.18. The number of carbonyl (C=O) groups is 1. The van der Waals surface area contributed by atoms with Gasteiger partial charge in [0.05, 0.1) is 6.61 Å². The van der Waals surface area contributed by atoms with E-state index in [9.17, 15) is 4.79 Å². The number of nitrogen functional groups attached to an aromatic ring is 1. The molecule has 1 aromatic heterocycles. The highest BCUT2D eigenvalue weighted by Gasteiger charge is 2.27. The van der Waals surface area contributed by atoms with Gasteiger partial charge in [0, 0.05) is 26.7 Å². The van der Waals surface area contributed by atoms with E-state index in [4.69, 9.17) is 10.5 Å². The van der Waals surface area contributed by atoms with Gasteiger partial charge in [-0.15, -0.1) is 0 Å². The van der Waals surface area contributed by atoms with E-state index in [1.807, 2.05) is 4.90 Å². The molecule has 1 fully saturated rings. The zero-order valence-corrected chi connectivity index (χ0v) is 12.1. The molecule has 1 amide bonds. The van der Waals surface area contributed by atoms with Crippen molar-refractivity contribution in [1.82, 2.24) is 9.88 Å². The molecular weight excluding hydrogens is 264 g/mol. The fraction of sp³-hybridized carbons (Fsp3) is 0.667. The first-order chi connectivity index (χ1) is 9.11. The summed E-state index contributed by atoms with van der Waals surface area (Å²) in [7, 11) is 1.64. The zero-order chi connectivity index (χ0) is 13.8. The van der Waals surface area contributed by atoms with Crippen LogP contribution < -0.4 is 11.1 Å². The lowest BCUT2D eigenvalue weighted by atomic mass is 10.2. The van der Waals surface area contributed by atoms with Crippen molar-refractivity contribution < 1.29 is 9.53 Å². The van der Waals surface area contributed by atoms with Crippen LogP contribution >= 0.6 is 11.3 Å². The van der Waals surface area contributed by atoms with Crippen LogP contribution in [0.5, 0.6) is 0 Å². The standard InChI is InChI=1S/C12H20N4O2S/c1-8-3-5-16(7-8)11(17)9-10(13)15-12(19-9)14-4-6-18-2/h8H,3-7,13H2,1-2H3,(H,14,15). The first-order valence-electron chi connectivity index (χ1n) is 6.40. The largest absolute Gasteiger partial charge is 0.383 e. The number of hydrogen-bond donors (Lipinski definition) is 2. The second-order valence-electron chi connectivity index (χ2n) is 4.80. The number of nitrogens with one attached hydrogen (secondary N) is 1. The average Bonchev–Trinajstić information content (AvgIpc) is 2.95. The van der Waals surface area contributed by atoms with Crippen LogP contribution in [0.1, 0.15) is 23.0 Å². The molecule has 1 aliphatic heterocycles. The Morgan fingerprint density at radius 1 is 1.68 bits per heavy atom. The minimum absolute atomic E-state index is 0.000795. The van der Waals surface area contributed by atoms with Gasteiger partial charge in [-0.05, 0) is 12.3 Å². The highest BCUT2D eigenvalue weighted by atomic mass is 32.1. The second kappa shape index (κ2) is 6.21. The van der Waals surface area contributed by atoms with Crippen LogP contribution in [-0.4, -0.2) is 49.1 Å². The van der Waals surface area contributed by atoms with Crippen molar-refractivity contribution in [3.63, 3.8) is 0 Å². The number of rotatable bonds is 5. The van der Waals surface area contributed by atoms with Crippen molar-refractivity contribution in [2.75, 3.05) is 44.4 Å². The Morgan fingerprint density at radius 3 is 3.11 bits per heavy atom. The smallest absolute Gasteiger partial charge is 0.267 e. The molecule has 2 rings (SSSR count). The lowest BCUT2D eigenvalue weighted by molar-refractivity contribution is 0.0793. The molecule has 0 bridgehead atoms. The Kier molecular flexibility index (Phi) is 4.60. The third kappa shape index (κ3) is 3.36. The number of aromatic nitrogens is 1. The van der Waals surface area contributed by atoms with Gasteiger partial charge in [0.25, 0.3) is 5.91 Å². The summed E-state index contributed by atoms with van der Waals surface area (Å²) in [5.41, 5.74) is 5.83. The van der Waals surface area contributed by atoms with Crippen molar-refractivity contribution in [2.45, 2.75) is 13.3 Å². The third-order valence-corrected chi connectivity index (χ3v) is 4.16. The maximum Gasteiger partial charge on any atom is 0.267 e. The molecule has 1 saturated heterocycles. The maximum atomic E-state index is 12.3. The molecule has 1 atom stereocenters. The number of hydrogen-bond acceptors (Lipinski definition) is 6. The van der Waals surface area contributed by atoms with Gasteiger partial charge in [-0.2, -0.15) is 0 Å². The van der Waals surface area contributed by atoms with Crippen LogP contribution in [0.25, 0.3) is 0 Å². The molecule has 19 heavy (non-hydrogen) atoms. The van der Waals surface area contributed by atoms with Gasteiger partial charge in [-0.25, -0.2) is 4.98 Å². The normalized spacial score (nSPS) is 18.8. The van der Waals surface area contributed by atoms with Crippen LogP contribution in [0, 0.1) is 5.92 Å². The molecule has 3 N–H and O–H groups in total. The van der Waals surface area contributed by atoms with Gasteiger partial charge in [0.2, 0.25) is 0 Å². The molecule has 1 aromatic rings. The molecule has 6 nitrogen and oxygen atoms in total. The summed E-state index contributed by atoms with van der Waals surface area (Å²) in [6, 6.07) is 0. The summed E-state index contributed by atoms with van der Waals surface area (Å²) in [6.45, 7) is 5.01. The Balaban J connectivity index is 2.01. The Bertz CT molecular complexity index is 449. The van der Waals surface area contributed by atoms with E-state index >= 15 is 0 Å². The van der Waals surface area contributed by atoms with E-state index < -0.39 is 0 Å². The van der Waals surface area contributed by atoms with E-state index in [1.54, 1.807) is 7.11 Å². The summed E-state index contributed by atoms with van der Waals surface area (Å²) < 4.78 is 4.95. The van der Waals surface area contributed by atoms with Crippen LogP contribution in [0.3, 0.4) is 0 Å². The Labute approximate surface area is 116 Å². The number of likely N-dealkylation sites (tertiary alicyclic amines) is 1. The predicted molar refractivity (Wildman–Crippen MR) is 76.6 cm³/mol. The molecule has 1 aliphatic rings. The quantitative estimate of drug-likeness (QED) is 0.796. The number of nitrogens with two attached hydrogens (primary N) is 1. The molecule has 0 saturated carbocycles. The van der Waals surface area contributed by atoms with Gasteiger partial charge < -0.3 is 20.7 Å². The number of carbonyl (C=O) groups excluding carboxylic acids is 1. The van der Waals surface area contributed by atoms with E-state index in [0.29, 0.717) is 34.9 Å². The summed E-state index contributed by atoms with van der Waals surface area (Å²) in [5, 5.41) is 3.76. The number of thiazole rings is 1. The third-order valence-electron chi connectivity index (χ3n) is 3.14. The van der Waals surface area contributed by atoms with Crippen molar-refractivity contribution in [3.05, 3.63) is 4.88 Å². The van der Waals surface area contributed by atoms with Gasteiger partial charge >= 0.3 is 0 Å². The summed E-state index contributed by atoms with van der Waals surface area (Å²) >= 11 is 1.31. The summed E-state index contributed by atoms with van der Waals surface area (Å²) in [4.78, 5) is 18.9. The lowest BCUT2D eigenvalue weighted by Crippen LogP contribution is -2.28. The molecule has 7 heteroatoms. The van der Waals surface area contributed by atoms with Crippen molar-refractivity contribution in [3.8, 4) is 0 Å². The first-order valence-corrected chi connectivity index (χ1v) is 7.22. The van der Waals surface area contributed by atoms with Crippen molar-refractivity contribution >= 4 is 28.2 Å². The van der Waals surface area contributed by atoms with E-state index in [0.717, 1.165) is 19.5 Å². The molecule has 0 aromatic carbocycles. The first kappa shape index (κ1) is 14.1. The fourth-order valence-corrected chi connectivity index (χ4v) is 2.96. The van der Waals surface area contributed by atoms with Crippen LogP contribution in [0.2, 0.25) is 0 Å². The van der Waals surface area contributed by atoms with Gasteiger partial charge in [-0.3, -0.25) is 4.79 Å². The number of nitrogens with zero attached hydrogens (tertiary/aromatic N) is 2. The number of anilines is 2. The number of ether oxygens (including phenoxy) is 1. The topological polar surface area (TPSA) is 80.5 Å². The molecule has 2 heterocycles. The van der Waals surface area contributed by atoms with Crippen LogP contribution in [-0.2, 0) is 4.74 Å². The van der Waals surface area contributed by atoms with E-state index in [1.165, 1.54) is 11.3 Å². The molecule has 1 unspecified atom stereocenters. The van der Waals surface area contributed by atoms with Gasteiger partial charge in [0.1, 0.15) is 10.7 Å². The minimum Gasteiger partial charge on any atom is -0.383 e. The molecule has 106 valence electrons. The molecular formula is C12H20N4O2S. The second-order valence-corrected chi connectivity index (χ2v) is 5.80. The van der Waals surface area contributed by atoms with Crippen LogP contribution in [0.4, 0.5) is 10.9 Å². The Morgan fingerprint density at radius 2 is 2.47 bits per heavy atom. The highest BCUT2D eigenvalue weighted by Crippen LogP contribution is 2.28. The average molecular weight is 284 g/mol. The Hall–Kier alpha value is -1.34. The maximum absolute atomic E-state index is 12.3. The zero-order valence-electron chi connectivity index (χ0n) is 11.3. The summed E-state index contributed by atoms with van der Waals surface area (Å²) in [5.74, 6) is 0.881. The van der Waals surface area contributed by atoms with Gasteiger partial charge in [-0.1, -0.05) is 18.3 Å². The molecule has 0 radical (unpaired) electrons. The molecule has 0 spiro atoms. The monoisotopic (exact) mass is 284 g/mol. The summed E-state index contributed by atoms with van der Waals surface area (Å²) in [6.07, 6.45) is 1.06. The van der Waals surface area contributed by atoms with Crippen LogP contribution in [0.15, 0.2) is 0 Å². The number of methoxy groups -OCH3 is 1. The SMILES string of the molecule is COCCNc1nc(N)c(C(=O)N2CCC(C)C2)s1. The van der Waals surface area contributed by atoms with E-state index in [-0.39, 0.29) is 5.91 Å². The predicted octanol–water partition coefficient (Wildman–Crippen LogP) is 1.27. The molecule has 0 aliphatic carbocycles. The fourth-order valence-electron chi connectivity index (χ4n) is 2.08. The van der Waals surface area contributed by atoms with E-state index in [2.05, 4.69) is 17.2 Å². The van der Waals surface area contributed by atoms with Crippen molar-refractivity contribution in [1.29, 1.82) is 0 Å². The van der Waals surface area contributed by atoms with Gasteiger partial charge in [0.15, 0.2) is 5.13 Å². The van der Waals surface area contributed by atoms with Crippen molar-refractivity contribution in [2.24, 2.45) is 5.92 Å². The minimum atomic E-state index is -0.000795. The lowest BCUT2D eigenvalue weighted by Gasteiger charge is -2.14.